The molecule has 1 aliphatic carbocycles. The molecule has 1 aromatic carbocycles. The van der Waals surface area contributed by atoms with Crippen molar-refractivity contribution in [3.63, 3.8) is 0 Å². The average molecular weight is 547 g/mol. The van der Waals surface area contributed by atoms with Crippen molar-refractivity contribution in [2.45, 2.75) is 57.4 Å². The van der Waals surface area contributed by atoms with E-state index in [0.717, 1.165) is 37.1 Å². The highest BCUT2D eigenvalue weighted by Crippen LogP contribution is 2.23. The van der Waals surface area contributed by atoms with E-state index in [9.17, 15) is 8.60 Å². The molecule has 6 nitrogen and oxygen atoms in total. The Balaban J connectivity index is 0.00000320. The number of rotatable bonds is 6. The summed E-state index contributed by atoms with van der Waals surface area (Å²) in [5.41, 5.74) is 1.32. The maximum Gasteiger partial charge on any atom is 0.191 e. The summed E-state index contributed by atoms with van der Waals surface area (Å²) in [7, 11) is 0.975. The summed E-state index contributed by atoms with van der Waals surface area (Å²) < 4.78 is 28.4. The first-order chi connectivity index (χ1) is 14.0. The smallest absolute Gasteiger partial charge is 0.191 e. The third-order valence-electron chi connectivity index (χ3n) is 5.40. The maximum atomic E-state index is 14.6. The molecule has 1 aliphatic rings. The molecule has 166 valence electrons. The van der Waals surface area contributed by atoms with E-state index in [0.29, 0.717) is 23.9 Å². The van der Waals surface area contributed by atoms with Crippen molar-refractivity contribution < 1.29 is 8.60 Å². The van der Waals surface area contributed by atoms with Gasteiger partial charge in [-0.15, -0.1) is 24.0 Å². The van der Waals surface area contributed by atoms with Gasteiger partial charge in [0, 0.05) is 53.8 Å². The van der Waals surface area contributed by atoms with Crippen LogP contribution < -0.4 is 10.6 Å². The number of nitrogens with one attached hydrogen (secondary N) is 2. The molecule has 2 aromatic rings. The minimum absolute atomic E-state index is 0. The molecule has 2 N–H and O–H groups in total. The fourth-order valence-electron chi connectivity index (χ4n) is 3.81. The van der Waals surface area contributed by atoms with Crippen LogP contribution in [0.1, 0.15) is 44.0 Å². The van der Waals surface area contributed by atoms with E-state index in [4.69, 9.17) is 0 Å². The zero-order valence-corrected chi connectivity index (χ0v) is 20.9. The van der Waals surface area contributed by atoms with Gasteiger partial charge in [0.05, 0.1) is 5.69 Å². The van der Waals surface area contributed by atoms with Crippen molar-refractivity contribution in [1.82, 2.24) is 20.2 Å². The topological polar surface area (TPSA) is 71.3 Å². The third kappa shape index (κ3) is 6.26. The van der Waals surface area contributed by atoms with Crippen LogP contribution in [0.3, 0.4) is 0 Å². The third-order valence-corrected chi connectivity index (χ3v) is 7.14. The molecule has 3 atom stereocenters. The lowest BCUT2D eigenvalue weighted by molar-refractivity contribution is 0.413. The average Bonchev–Trinajstić information content (AvgIpc) is 3.16. The number of aryl methyl sites for hydroxylation is 1. The molecule has 0 saturated heterocycles. The Kier molecular flexibility index (Phi) is 9.73. The molecule has 1 fully saturated rings. The van der Waals surface area contributed by atoms with Crippen LogP contribution in [0.25, 0.3) is 5.69 Å². The molecule has 30 heavy (non-hydrogen) atoms. The van der Waals surface area contributed by atoms with Crippen LogP contribution in [0.2, 0.25) is 0 Å². The zero-order valence-electron chi connectivity index (χ0n) is 17.7. The van der Waals surface area contributed by atoms with E-state index >= 15 is 0 Å². The molecule has 1 saturated carbocycles. The predicted octanol–water partition coefficient (Wildman–Crippen LogP) is 3.68. The normalized spacial score (nSPS) is 20.3. The molecule has 0 spiro atoms. The number of imidazole rings is 1. The zero-order chi connectivity index (χ0) is 20.8. The minimum Gasteiger partial charge on any atom is -0.354 e. The molecule has 0 amide bonds. The Bertz CT molecular complexity index is 888. The van der Waals surface area contributed by atoms with Gasteiger partial charge < -0.3 is 15.2 Å². The highest BCUT2D eigenvalue weighted by molar-refractivity contribution is 14.0. The lowest BCUT2D eigenvalue weighted by Crippen LogP contribution is -2.46. The number of aromatic nitrogens is 2. The van der Waals surface area contributed by atoms with Gasteiger partial charge in [0.15, 0.2) is 5.96 Å². The van der Waals surface area contributed by atoms with Crippen molar-refractivity contribution >= 4 is 40.7 Å². The number of aliphatic imine (C=N–C) groups is 1. The summed E-state index contributed by atoms with van der Waals surface area (Å²) in [6.07, 6.45) is 7.46. The predicted molar refractivity (Wildman–Crippen MR) is 132 cm³/mol. The summed E-state index contributed by atoms with van der Waals surface area (Å²) >= 11 is 0. The van der Waals surface area contributed by atoms with Gasteiger partial charge in [-0.2, -0.15) is 0 Å². The van der Waals surface area contributed by atoms with Crippen LogP contribution in [0.15, 0.2) is 35.6 Å². The Morgan fingerprint density at radius 1 is 1.40 bits per heavy atom. The summed E-state index contributed by atoms with van der Waals surface area (Å²) in [5.74, 6) is 1.86. The summed E-state index contributed by atoms with van der Waals surface area (Å²) in [5, 5.41) is 6.96. The van der Waals surface area contributed by atoms with Gasteiger partial charge in [0.2, 0.25) is 0 Å². The Labute approximate surface area is 197 Å². The van der Waals surface area contributed by atoms with Gasteiger partial charge in [-0.1, -0.05) is 19.4 Å². The van der Waals surface area contributed by atoms with E-state index < -0.39 is 10.8 Å². The van der Waals surface area contributed by atoms with Crippen molar-refractivity contribution in [2.75, 3.05) is 12.8 Å². The van der Waals surface area contributed by atoms with E-state index in [1.807, 2.05) is 19.9 Å². The van der Waals surface area contributed by atoms with E-state index in [-0.39, 0.29) is 41.1 Å². The Hall–Kier alpha value is -1.49. The standard InChI is InChI=1S/C21H30FN5OS.HI/c1-4-29(28)18-7-5-6-17(13-18)26-21(23-3)25-14-16-8-9-20(19(22)12-16)27-11-10-24-15(27)2;/h8-12,17-18H,4-7,13-14H2,1-3H3,(H2,23,25,26);1H. The van der Waals surface area contributed by atoms with E-state index in [1.54, 1.807) is 30.1 Å². The van der Waals surface area contributed by atoms with Gasteiger partial charge in [0.25, 0.3) is 0 Å². The lowest BCUT2D eigenvalue weighted by Gasteiger charge is -2.30. The maximum absolute atomic E-state index is 14.6. The van der Waals surface area contributed by atoms with Gasteiger partial charge in [0.1, 0.15) is 11.6 Å². The Morgan fingerprint density at radius 2 is 2.20 bits per heavy atom. The highest BCUT2D eigenvalue weighted by atomic mass is 127. The van der Waals surface area contributed by atoms with Gasteiger partial charge in [-0.25, -0.2) is 9.37 Å². The molecule has 9 heteroatoms. The molecule has 1 aromatic heterocycles. The van der Waals surface area contributed by atoms with Gasteiger partial charge >= 0.3 is 0 Å². The molecule has 0 radical (unpaired) electrons. The molecule has 3 rings (SSSR count). The van der Waals surface area contributed by atoms with Crippen molar-refractivity contribution in [3.05, 3.63) is 47.8 Å². The molecule has 1 heterocycles. The number of guanidine groups is 1. The second-order valence-corrected chi connectivity index (χ2v) is 9.36. The van der Waals surface area contributed by atoms with Crippen molar-refractivity contribution in [3.8, 4) is 5.69 Å². The molecule has 0 bridgehead atoms. The highest BCUT2D eigenvalue weighted by Gasteiger charge is 2.26. The largest absolute Gasteiger partial charge is 0.354 e. The van der Waals surface area contributed by atoms with Crippen LogP contribution >= 0.6 is 24.0 Å². The Morgan fingerprint density at radius 3 is 2.83 bits per heavy atom. The molecular weight excluding hydrogens is 516 g/mol. The number of benzene rings is 1. The second kappa shape index (κ2) is 11.8. The summed E-state index contributed by atoms with van der Waals surface area (Å²) in [6.45, 7) is 4.29. The fraction of sp³-hybridized carbons (Fsp3) is 0.524. The number of nitrogens with zero attached hydrogens (tertiary/aromatic N) is 3. The van der Waals surface area contributed by atoms with Gasteiger partial charge in [-0.05, 0) is 43.9 Å². The minimum atomic E-state index is -0.752. The lowest BCUT2D eigenvalue weighted by atomic mass is 9.95. The molecule has 3 unspecified atom stereocenters. The first kappa shape index (κ1) is 24.8. The summed E-state index contributed by atoms with van der Waals surface area (Å²) in [4.78, 5) is 8.44. The second-order valence-electron chi connectivity index (χ2n) is 7.36. The summed E-state index contributed by atoms with van der Waals surface area (Å²) in [6, 6.07) is 5.47. The monoisotopic (exact) mass is 547 g/mol. The quantitative estimate of drug-likeness (QED) is 0.329. The van der Waals surface area contributed by atoms with Crippen LogP contribution in [-0.2, 0) is 17.3 Å². The molecular formula is C21H31FIN5OS. The number of hydrogen-bond donors (Lipinski definition) is 2. The molecule has 0 aliphatic heterocycles. The van der Waals surface area contributed by atoms with Crippen LogP contribution in [0.5, 0.6) is 0 Å². The number of halogens is 2. The van der Waals surface area contributed by atoms with Crippen LogP contribution in [0, 0.1) is 12.7 Å². The van der Waals surface area contributed by atoms with Gasteiger partial charge in [-0.3, -0.25) is 9.20 Å². The van der Waals surface area contributed by atoms with Crippen molar-refractivity contribution in [1.29, 1.82) is 0 Å². The number of hydrogen-bond acceptors (Lipinski definition) is 3. The van der Waals surface area contributed by atoms with Crippen LogP contribution in [0.4, 0.5) is 4.39 Å². The first-order valence-electron chi connectivity index (χ1n) is 10.1. The van der Waals surface area contributed by atoms with E-state index in [1.165, 1.54) is 6.07 Å². The first-order valence-corrected chi connectivity index (χ1v) is 11.5. The van der Waals surface area contributed by atoms with Crippen LogP contribution in [-0.4, -0.2) is 43.8 Å². The SMILES string of the molecule is CCS(=O)C1CCCC(NC(=NC)NCc2ccc(-n3ccnc3C)c(F)c2)C1.I. The fourth-order valence-corrected chi connectivity index (χ4v) is 5.16. The van der Waals surface area contributed by atoms with Crippen molar-refractivity contribution in [2.24, 2.45) is 4.99 Å². The van der Waals surface area contributed by atoms with E-state index in [2.05, 4.69) is 20.6 Å².